The van der Waals surface area contributed by atoms with E-state index in [9.17, 15) is 0 Å². The van der Waals surface area contributed by atoms with E-state index in [0.717, 1.165) is 5.69 Å². The van der Waals surface area contributed by atoms with Crippen molar-refractivity contribution in [3.05, 3.63) is 12.1 Å². The Balaban J connectivity index is 3.03. The fourth-order valence-electron chi connectivity index (χ4n) is 2.33. The van der Waals surface area contributed by atoms with Crippen molar-refractivity contribution in [2.24, 2.45) is 0 Å². The second-order valence-electron chi connectivity index (χ2n) is 4.77. The first kappa shape index (κ1) is 11.3. The van der Waals surface area contributed by atoms with E-state index in [1.807, 2.05) is 0 Å². The zero-order chi connectivity index (χ0) is 12.0. The second kappa shape index (κ2) is 3.69. The molecule has 2 rings (SSSR count). The Hall–Kier alpha value is -1.18. The van der Waals surface area contributed by atoms with Gasteiger partial charge in [-0.05, 0) is 10.8 Å². The van der Waals surface area contributed by atoms with Crippen LogP contribution in [0.3, 0.4) is 0 Å². The fourth-order valence-corrected chi connectivity index (χ4v) is 2.33. The maximum atomic E-state index is 6.24. The van der Waals surface area contributed by atoms with Gasteiger partial charge in [0.25, 0.3) is 0 Å². The molecule has 74 valence electrons. The maximum absolute atomic E-state index is 6.24. The molecule has 1 nitrogen and oxygen atoms in total. The first-order chi connectivity index (χ1) is 7.43. The third-order valence-electron chi connectivity index (χ3n) is 3.83. The number of anilines is 1. The van der Waals surface area contributed by atoms with Crippen LogP contribution in [0.15, 0.2) is 12.1 Å². The standard InChI is InChI=1S/C10H14B5N/c11-4-1-3-2-5(12)8(14)10(16)6(3)9(15)7(4)13/h1-2H,11-16H2. The predicted molar refractivity (Wildman–Crippen MR) is 89.3 cm³/mol. The first-order valence-corrected chi connectivity index (χ1v) is 5.69. The molecule has 0 radical (unpaired) electrons. The van der Waals surface area contributed by atoms with Gasteiger partial charge in [-0.25, -0.2) is 0 Å². The minimum absolute atomic E-state index is 0.940. The van der Waals surface area contributed by atoms with Crippen molar-refractivity contribution in [1.29, 1.82) is 0 Å². The Morgan fingerprint density at radius 1 is 0.750 bits per heavy atom. The van der Waals surface area contributed by atoms with Gasteiger partial charge in [-0.1, -0.05) is 34.0 Å². The molecule has 16 heavy (non-hydrogen) atoms. The molecule has 0 spiro atoms. The number of fused-ring (bicyclic) bond motifs is 1. The number of nitrogen functional groups attached to an aromatic ring is 1. The molecule has 0 saturated carbocycles. The number of hydrogen-bond donors (Lipinski definition) is 1. The topological polar surface area (TPSA) is 26.0 Å². The van der Waals surface area contributed by atoms with Gasteiger partial charge in [0.2, 0.25) is 0 Å². The summed E-state index contributed by atoms with van der Waals surface area (Å²) >= 11 is 0. The molecule has 0 aliphatic carbocycles. The van der Waals surface area contributed by atoms with Gasteiger partial charge in [0.1, 0.15) is 39.2 Å². The van der Waals surface area contributed by atoms with Crippen LogP contribution in [0.1, 0.15) is 0 Å². The number of hydrogen-bond acceptors (Lipinski definition) is 1. The molecule has 0 heterocycles. The van der Waals surface area contributed by atoms with Crippen molar-refractivity contribution in [2.75, 3.05) is 5.73 Å². The molecular weight excluding hydrogens is 188 g/mol. The van der Waals surface area contributed by atoms with E-state index in [1.165, 1.54) is 38.1 Å². The molecule has 0 amide bonds. The summed E-state index contributed by atoms with van der Waals surface area (Å²) in [5, 5.41) is 2.49. The fraction of sp³-hybridized carbons (Fsp3) is 0. The summed E-state index contributed by atoms with van der Waals surface area (Å²) < 4.78 is 0. The minimum Gasteiger partial charge on any atom is -0.399 e. The zero-order valence-electron chi connectivity index (χ0n) is 10.7. The Bertz CT molecular complexity index is 545. The van der Waals surface area contributed by atoms with Crippen LogP contribution in [0.4, 0.5) is 5.69 Å². The van der Waals surface area contributed by atoms with Gasteiger partial charge in [0, 0.05) is 5.69 Å². The van der Waals surface area contributed by atoms with E-state index in [-0.39, 0.29) is 0 Å². The zero-order valence-corrected chi connectivity index (χ0v) is 10.7. The lowest BCUT2D eigenvalue weighted by Crippen LogP contribution is -2.41. The molecule has 0 aliphatic heterocycles. The predicted octanol–water partition coefficient (Wildman–Crippen LogP) is -6.29. The van der Waals surface area contributed by atoms with E-state index in [2.05, 4.69) is 51.4 Å². The number of benzene rings is 2. The van der Waals surface area contributed by atoms with Crippen LogP contribution in [-0.4, -0.2) is 39.2 Å². The van der Waals surface area contributed by atoms with Gasteiger partial charge in [-0.3, -0.25) is 0 Å². The van der Waals surface area contributed by atoms with Crippen LogP contribution in [0, 0.1) is 0 Å². The van der Waals surface area contributed by atoms with Gasteiger partial charge in [-0.2, -0.15) is 0 Å². The summed E-state index contributed by atoms with van der Waals surface area (Å²) in [5.41, 5.74) is 13.7. The molecule has 2 N–H and O–H groups in total. The van der Waals surface area contributed by atoms with E-state index < -0.39 is 0 Å². The summed E-state index contributed by atoms with van der Waals surface area (Å²) in [6.45, 7) is 0. The van der Waals surface area contributed by atoms with Crippen LogP contribution < -0.4 is 33.0 Å². The van der Waals surface area contributed by atoms with E-state index in [0.29, 0.717) is 0 Å². The summed E-state index contributed by atoms with van der Waals surface area (Å²) in [6, 6.07) is 4.47. The molecule has 0 aromatic heterocycles. The number of nitrogens with two attached hydrogens (primary N) is 1. The highest BCUT2D eigenvalue weighted by atomic mass is 14.6. The second-order valence-corrected chi connectivity index (χ2v) is 4.77. The molecule has 0 atom stereocenters. The van der Waals surface area contributed by atoms with Crippen LogP contribution >= 0.6 is 0 Å². The van der Waals surface area contributed by atoms with Crippen LogP contribution in [0.2, 0.25) is 0 Å². The van der Waals surface area contributed by atoms with Gasteiger partial charge >= 0.3 is 0 Å². The average molecular weight is 202 g/mol. The molecule has 0 bridgehead atoms. The van der Waals surface area contributed by atoms with Gasteiger partial charge in [-0.15, -0.1) is 5.46 Å². The minimum atomic E-state index is 0.940. The molecule has 2 aromatic carbocycles. The van der Waals surface area contributed by atoms with Crippen molar-refractivity contribution in [3.8, 4) is 0 Å². The van der Waals surface area contributed by atoms with Crippen molar-refractivity contribution in [2.45, 2.75) is 0 Å². The molecule has 0 unspecified atom stereocenters. The summed E-state index contributed by atoms with van der Waals surface area (Å²) in [5.74, 6) is 0. The highest BCUT2D eigenvalue weighted by molar-refractivity contribution is 6.62. The summed E-state index contributed by atoms with van der Waals surface area (Å²) in [6.07, 6.45) is 0. The largest absolute Gasteiger partial charge is 0.399 e. The third kappa shape index (κ3) is 1.48. The average Bonchev–Trinajstić information content (AvgIpc) is 2.23. The summed E-state index contributed by atoms with van der Waals surface area (Å²) in [4.78, 5) is 0. The maximum Gasteiger partial charge on any atom is 0.141 e. The third-order valence-corrected chi connectivity index (χ3v) is 3.83. The van der Waals surface area contributed by atoms with Gasteiger partial charge in [0.05, 0.1) is 0 Å². The quantitative estimate of drug-likeness (QED) is 0.334. The normalized spacial score (nSPS) is 10.8. The Morgan fingerprint density at radius 2 is 1.25 bits per heavy atom. The lowest BCUT2D eigenvalue weighted by Gasteiger charge is -2.16. The van der Waals surface area contributed by atoms with Crippen molar-refractivity contribution < 1.29 is 0 Å². The van der Waals surface area contributed by atoms with E-state index in [4.69, 9.17) is 5.73 Å². The molecule has 0 aliphatic rings. The van der Waals surface area contributed by atoms with Crippen LogP contribution in [0.5, 0.6) is 0 Å². The summed E-state index contributed by atoms with van der Waals surface area (Å²) in [7, 11) is 10.7. The van der Waals surface area contributed by atoms with E-state index in [1.54, 1.807) is 0 Å². The van der Waals surface area contributed by atoms with E-state index >= 15 is 0 Å². The molecular formula is C10H14B5N. The Kier molecular flexibility index (Phi) is 2.61. The van der Waals surface area contributed by atoms with Crippen LogP contribution in [0.25, 0.3) is 10.8 Å². The Labute approximate surface area is 101 Å². The van der Waals surface area contributed by atoms with Crippen molar-refractivity contribution in [1.82, 2.24) is 0 Å². The molecule has 0 saturated heterocycles. The Morgan fingerprint density at radius 3 is 1.81 bits per heavy atom. The molecule has 2 aromatic rings. The SMILES string of the molecule is Bc1cc2cc(B)c(B)c(N)c2c(B)c1B. The lowest BCUT2D eigenvalue weighted by atomic mass is 9.68. The van der Waals surface area contributed by atoms with Crippen molar-refractivity contribution >= 4 is 83.0 Å². The highest BCUT2D eigenvalue weighted by Gasteiger charge is 2.09. The lowest BCUT2D eigenvalue weighted by molar-refractivity contribution is 1.88. The van der Waals surface area contributed by atoms with Gasteiger partial charge in [0.15, 0.2) is 0 Å². The monoisotopic (exact) mass is 203 g/mol. The van der Waals surface area contributed by atoms with Gasteiger partial charge < -0.3 is 5.73 Å². The molecule has 0 fully saturated rings. The molecule has 6 heteroatoms. The first-order valence-electron chi connectivity index (χ1n) is 5.69. The van der Waals surface area contributed by atoms with Crippen molar-refractivity contribution in [3.63, 3.8) is 0 Å². The van der Waals surface area contributed by atoms with Crippen LogP contribution in [-0.2, 0) is 0 Å². The highest BCUT2D eigenvalue weighted by Crippen LogP contribution is 2.13. The smallest absolute Gasteiger partial charge is 0.141 e. The number of rotatable bonds is 0.